The molecule has 30 heavy (non-hydrogen) atoms. The molecule has 0 aromatic heterocycles. The number of carbonyl (C=O) groups is 1. The molecule has 1 aliphatic heterocycles. The van der Waals surface area contributed by atoms with Gasteiger partial charge in [-0.05, 0) is 70.8 Å². The van der Waals surface area contributed by atoms with E-state index < -0.39 is 5.79 Å². The first-order valence-electron chi connectivity index (χ1n) is 11.6. The van der Waals surface area contributed by atoms with Crippen LogP contribution in [0, 0.1) is 0 Å². The molecule has 2 fully saturated rings. The third kappa shape index (κ3) is 5.09. The van der Waals surface area contributed by atoms with Crippen LogP contribution >= 0.6 is 15.9 Å². The van der Waals surface area contributed by atoms with E-state index in [4.69, 9.17) is 9.47 Å². The predicted octanol–water partition coefficient (Wildman–Crippen LogP) is 5.09. The number of likely N-dealkylation sites (tertiary alicyclic amines) is 1. The molecular formula is C24H37BrN2O3. The molecule has 1 saturated heterocycles. The number of carbonyl (C=O) groups excluding carboxylic acids is 1. The molecule has 1 aliphatic carbocycles. The lowest BCUT2D eigenvalue weighted by Gasteiger charge is -2.52. The number of benzene rings is 1. The molecule has 3 rings (SSSR count). The highest BCUT2D eigenvalue weighted by atomic mass is 79.9. The smallest absolute Gasteiger partial charge is 0.254 e. The topological polar surface area (TPSA) is 42.0 Å². The third-order valence-electron chi connectivity index (χ3n) is 6.36. The Bertz CT molecular complexity index is 689. The first-order chi connectivity index (χ1) is 14.6. The minimum Gasteiger partial charge on any atom is -0.348 e. The van der Waals surface area contributed by atoms with Crippen LogP contribution in [0.1, 0.15) is 69.7 Å². The Kier molecular flexibility index (Phi) is 8.75. The minimum atomic E-state index is -0.753. The van der Waals surface area contributed by atoms with Gasteiger partial charge in [0.1, 0.15) is 6.04 Å². The zero-order valence-corrected chi connectivity index (χ0v) is 20.3. The fraction of sp³-hybridized carbons (Fsp3) is 0.708. The molecule has 168 valence electrons. The minimum absolute atomic E-state index is 0.0688. The first-order valence-corrected chi connectivity index (χ1v) is 12.4. The van der Waals surface area contributed by atoms with Gasteiger partial charge >= 0.3 is 0 Å². The maximum Gasteiger partial charge on any atom is 0.254 e. The molecule has 6 heteroatoms. The van der Waals surface area contributed by atoms with Gasteiger partial charge in [0.15, 0.2) is 5.79 Å². The second-order valence-electron chi connectivity index (χ2n) is 8.33. The molecule has 1 aromatic rings. The van der Waals surface area contributed by atoms with Crippen molar-refractivity contribution in [2.75, 3.05) is 32.8 Å². The van der Waals surface area contributed by atoms with E-state index in [1.807, 2.05) is 38.1 Å². The molecule has 2 aliphatic rings. The lowest BCUT2D eigenvalue weighted by atomic mass is 9.90. The van der Waals surface area contributed by atoms with E-state index in [0.717, 1.165) is 49.7 Å². The summed E-state index contributed by atoms with van der Waals surface area (Å²) in [6, 6.07) is 7.87. The van der Waals surface area contributed by atoms with Gasteiger partial charge in [-0.2, -0.15) is 0 Å². The van der Waals surface area contributed by atoms with Crippen molar-refractivity contribution in [3.8, 4) is 0 Å². The summed E-state index contributed by atoms with van der Waals surface area (Å²) in [4.78, 5) is 18.5. The maximum atomic E-state index is 13.8. The lowest BCUT2D eigenvalue weighted by Crippen LogP contribution is -2.67. The Morgan fingerprint density at radius 3 is 2.47 bits per heavy atom. The number of hydrogen-bond acceptors (Lipinski definition) is 4. The zero-order valence-electron chi connectivity index (χ0n) is 18.7. The van der Waals surface area contributed by atoms with Crippen LogP contribution in [0.4, 0.5) is 0 Å². The van der Waals surface area contributed by atoms with Crippen LogP contribution in [-0.4, -0.2) is 66.4 Å². The van der Waals surface area contributed by atoms with E-state index in [0.29, 0.717) is 25.3 Å². The van der Waals surface area contributed by atoms with Crippen molar-refractivity contribution in [2.24, 2.45) is 0 Å². The Labute approximate surface area is 190 Å². The van der Waals surface area contributed by atoms with E-state index in [9.17, 15) is 4.79 Å². The predicted molar refractivity (Wildman–Crippen MR) is 124 cm³/mol. The van der Waals surface area contributed by atoms with Crippen molar-refractivity contribution in [3.05, 3.63) is 34.3 Å². The second-order valence-corrected chi connectivity index (χ2v) is 9.25. The number of hydrogen-bond donors (Lipinski definition) is 0. The molecule has 1 saturated carbocycles. The molecule has 1 amide bonds. The molecule has 5 nitrogen and oxygen atoms in total. The van der Waals surface area contributed by atoms with Crippen molar-refractivity contribution in [1.29, 1.82) is 0 Å². The number of ether oxygens (including phenoxy) is 2. The quantitative estimate of drug-likeness (QED) is 0.364. The molecule has 0 radical (unpaired) electrons. The first kappa shape index (κ1) is 23.7. The molecule has 2 atom stereocenters. The van der Waals surface area contributed by atoms with Crippen molar-refractivity contribution < 1.29 is 14.3 Å². The summed E-state index contributed by atoms with van der Waals surface area (Å²) >= 11 is 3.53. The van der Waals surface area contributed by atoms with Gasteiger partial charge < -0.3 is 14.4 Å². The second kappa shape index (κ2) is 11.1. The number of amides is 1. The van der Waals surface area contributed by atoms with Gasteiger partial charge in [-0.15, -0.1) is 0 Å². The molecule has 1 heterocycles. The van der Waals surface area contributed by atoms with Gasteiger partial charge in [-0.1, -0.05) is 35.3 Å². The number of nitrogens with zero attached hydrogens (tertiary/aromatic N) is 2. The highest BCUT2D eigenvalue weighted by Crippen LogP contribution is 2.39. The summed E-state index contributed by atoms with van der Waals surface area (Å²) in [5.41, 5.74) is 0.714. The molecule has 1 aromatic carbocycles. The van der Waals surface area contributed by atoms with Gasteiger partial charge in [0.25, 0.3) is 5.91 Å². The average Bonchev–Trinajstić information content (AvgIpc) is 2.85. The highest BCUT2D eigenvalue weighted by molar-refractivity contribution is 9.10. The van der Waals surface area contributed by atoms with Crippen LogP contribution in [0.25, 0.3) is 0 Å². The highest BCUT2D eigenvalue weighted by Gasteiger charge is 2.52. The standard InChI is InChI=1S/C24H37BrN2O3/c1-4-15-27(23(28)19-11-9-12-20(25)18-19)22-21(26-16-10-17-26)13-7-8-14-24(22,29-5-2)30-6-3/h9,11-12,18,21-22H,4-8,10,13-17H2,1-3H3. The van der Waals surface area contributed by atoms with Crippen molar-refractivity contribution in [2.45, 2.75) is 77.2 Å². The summed E-state index contributed by atoms with van der Waals surface area (Å²) in [7, 11) is 0. The van der Waals surface area contributed by atoms with Gasteiger partial charge in [0, 0.05) is 42.3 Å². The summed E-state index contributed by atoms with van der Waals surface area (Å²) in [6.45, 7) is 10.2. The lowest BCUT2D eigenvalue weighted by molar-refractivity contribution is -0.273. The van der Waals surface area contributed by atoms with Gasteiger partial charge in [-0.25, -0.2) is 0 Å². The van der Waals surface area contributed by atoms with Gasteiger partial charge in [0.2, 0.25) is 0 Å². The molecule has 0 spiro atoms. The SMILES string of the molecule is CCCN(C(=O)c1cccc(Br)c1)C1C(N2CCC2)CCCCC1(OCC)OCC. The fourth-order valence-electron chi connectivity index (χ4n) is 5.06. The van der Waals surface area contributed by atoms with E-state index >= 15 is 0 Å². The van der Waals surface area contributed by atoms with Crippen molar-refractivity contribution in [1.82, 2.24) is 9.80 Å². The Hall–Kier alpha value is -0.950. The van der Waals surface area contributed by atoms with E-state index in [1.54, 1.807) is 0 Å². The van der Waals surface area contributed by atoms with Crippen LogP contribution in [0.15, 0.2) is 28.7 Å². The van der Waals surface area contributed by atoms with E-state index in [1.165, 1.54) is 6.42 Å². The van der Waals surface area contributed by atoms with Crippen molar-refractivity contribution >= 4 is 21.8 Å². The summed E-state index contributed by atoms with van der Waals surface area (Å²) < 4.78 is 13.8. The van der Waals surface area contributed by atoms with E-state index in [2.05, 4.69) is 32.7 Å². The summed E-state index contributed by atoms with van der Waals surface area (Å²) in [5.74, 6) is -0.684. The van der Waals surface area contributed by atoms with Crippen LogP contribution in [0.3, 0.4) is 0 Å². The number of halogens is 1. The Balaban J connectivity index is 2.07. The summed E-state index contributed by atoms with van der Waals surface area (Å²) in [5, 5.41) is 0. The van der Waals surface area contributed by atoms with Crippen molar-refractivity contribution in [3.63, 3.8) is 0 Å². The summed E-state index contributed by atoms with van der Waals surface area (Å²) in [6.07, 6.45) is 6.24. The zero-order chi connectivity index (χ0) is 21.6. The van der Waals surface area contributed by atoms with E-state index in [-0.39, 0.29) is 18.0 Å². The Morgan fingerprint density at radius 1 is 1.17 bits per heavy atom. The molecule has 0 bridgehead atoms. The monoisotopic (exact) mass is 480 g/mol. The average molecular weight is 481 g/mol. The van der Waals surface area contributed by atoms with Gasteiger partial charge in [0.05, 0.1) is 0 Å². The maximum absolute atomic E-state index is 13.8. The van der Waals surface area contributed by atoms with Crippen LogP contribution in [0.2, 0.25) is 0 Å². The van der Waals surface area contributed by atoms with Gasteiger partial charge in [-0.3, -0.25) is 9.69 Å². The largest absolute Gasteiger partial charge is 0.348 e. The normalized spacial score (nSPS) is 24.1. The van der Waals surface area contributed by atoms with Crippen LogP contribution in [0.5, 0.6) is 0 Å². The fourth-order valence-corrected chi connectivity index (χ4v) is 5.46. The molecular weight excluding hydrogens is 444 g/mol. The number of rotatable bonds is 9. The van der Waals surface area contributed by atoms with Crippen LogP contribution in [-0.2, 0) is 9.47 Å². The molecule has 0 N–H and O–H groups in total. The molecule has 2 unspecified atom stereocenters. The third-order valence-corrected chi connectivity index (χ3v) is 6.85. The Morgan fingerprint density at radius 2 is 1.90 bits per heavy atom. The van der Waals surface area contributed by atoms with Crippen LogP contribution < -0.4 is 0 Å².